The van der Waals surface area contributed by atoms with Crippen LogP contribution in [0, 0.1) is 6.92 Å². The van der Waals surface area contributed by atoms with E-state index >= 15 is 0 Å². The second-order valence-electron chi connectivity index (χ2n) is 1.89. The third kappa shape index (κ3) is 1.91. The van der Waals surface area contributed by atoms with Crippen LogP contribution in [-0.2, 0) is 4.79 Å². The van der Waals surface area contributed by atoms with Gasteiger partial charge in [0.1, 0.15) is 0 Å². The van der Waals surface area contributed by atoms with Gasteiger partial charge in [0.2, 0.25) is 5.95 Å². The fraction of sp³-hybridized carbons (Fsp3) is 0.167. The number of hydrogen-bond acceptors (Lipinski definition) is 5. The number of nitrogens with zero attached hydrogens (tertiary/aromatic N) is 2. The number of aromatic nitrogens is 2. The van der Waals surface area contributed by atoms with E-state index in [9.17, 15) is 4.79 Å². The van der Waals surface area contributed by atoms with Crippen molar-refractivity contribution in [1.29, 1.82) is 0 Å². The molecule has 1 rings (SSSR count). The molecule has 0 aliphatic heterocycles. The molecule has 2 N–H and O–H groups in total. The van der Waals surface area contributed by atoms with Crippen LogP contribution in [0.1, 0.15) is 5.69 Å². The molecule has 0 saturated heterocycles. The van der Waals surface area contributed by atoms with Crippen molar-refractivity contribution in [2.24, 2.45) is 0 Å². The van der Waals surface area contributed by atoms with E-state index in [4.69, 9.17) is 5.73 Å². The molecule has 0 saturated carbocycles. The number of carbonyl (C=O) groups is 1. The van der Waals surface area contributed by atoms with Crippen LogP contribution in [0.5, 0.6) is 0 Å². The van der Waals surface area contributed by atoms with Crippen molar-refractivity contribution in [3.63, 3.8) is 0 Å². The van der Waals surface area contributed by atoms with Gasteiger partial charge in [-0.2, -0.15) is 0 Å². The molecule has 1 aromatic heterocycles. The number of nitrogens with two attached hydrogens (primary N) is 1. The normalized spacial score (nSPS) is 9.55. The highest BCUT2D eigenvalue weighted by atomic mass is 32.2. The molecule has 0 atom stereocenters. The van der Waals surface area contributed by atoms with Crippen molar-refractivity contribution in [2.75, 3.05) is 5.73 Å². The lowest BCUT2D eigenvalue weighted by atomic mass is 10.4. The van der Waals surface area contributed by atoms with Gasteiger partial charge < -0.3 is 5.73 Å². The average molecular weight is 169 g/mol. The van der Waals surface area contributed by atoms with Crippen molar-refractivity contribution in [3.8, 4) is 0 Å². The van der Waals surface area contributed by atoms with E-state index in [-0.39, 0.29) is 5.95 Å². The van der Waals surface area contributed by atoms with Gasteiger partial charge in [0.15, 0.2) is 5.62 Å². The van der Waals surface area contributed by atoms with Gasteiger partial charge in [-0.15, -0.1) is 0 Å². The number of anilines is 1. The van der Waals surface area contributed by atoms with E-state index in [1.165, 1.54) is 6.20 Å². The predicted molar refractivity (Wildman–Crippen MR) is 43.8 cm³/mol. The van der Waals surface area contributed by atoms with Crippen LogP contribution in [-0.4, -0.2) is 15.6 Å². The van der Waals surface area contributed by atoms with Gasteiger partial charge in [-0.1, -0.05) is 11.8 Å². The summed E-state index contributed by atoms with van der Waals surface area (Å²) in [6, 6.07) is 0. The van der Waals surface area contributed by atoms with Gasteiger partial charge in [0, 0.05) is 6.20 Å². The summed E-state index contributed by atoms with van der Waals surface area (Å²) in [4.78, 5) is 18.5. The number of nitrogen functional groups attached to an aromatic ring is 1. The number of rotatable bonds is 2. The first-order valence-corrected chi connectivity index (χ1v) is 3.81. The summed E-state index contributed by atoms with van der Waals surface area (Å²) in [7, 11) is 0. The molecular formula is C6H7N3OS. The molecule has 0 fully saturated rings. The lowest BCUT2D eigenvalue weighted by Gasteiger charge is -1.98. The molecule has 0 spiro atoms. The van der Waals surface area contributed by atoms with E-state index in [2.05, 4.69) is 9.97 Å². The zero-order valence-electron chi connectivity index (χ0n) is 5.94. The van der Waals surface area contributed by atoms with Crippen molar-refractivity contribution < 1.29 is 4.79 Å². The highest BCUT2D eigenvalue weighted by molar-refractivity contribution is 8.11. The summed E-state index contributed by atoms with van der Waals surface area (Å²) < 4.78 is 0. The Morgan fingerprint density at radius 3 is 3.00 bits per heavy atom. The summed E-state index contributed by atoms with van der Waals surface area (Å²) in [6.45, 7) is 1.78. The molecule has 1 heterocycles. The molecule has 4 nitrogen and oxygen atoms in total. The minimum Gasteiger partial charge on any atom is -0.368 e. The standard InChI is InChI=1S/C6H7N3OS/c1-4-5(11-3-10)2-8-6(7)9-4/h2-3H,1H3,(H2,7,8,9). The molecule has 0 aliphatic rings. The Hall–Kier alpha value is -1.10. The summed E-state index contributed by atoms with van der Waals surface area (Å²) in [6.07, 6.45) is 1.54. The van der Waals surface area contributed by atoms with Crippen LogP contribution in [0.4, 0.5) is 5.95 Å². The molecule has 5 heteroatoms. The fourth-order valence-electron chi connectivity index (χ4n) is 0.642. The van der Waals surface area contributed by atoms with E-state index in [0.29, 0.717) is 0 Å². The first-order valence-electron chi connectivity index (χ1n) is 2.93. The monoisotopic (exact) mass is 169 g/mol. The van der Waals surface area contributed by atoms with Gasteiger partial charge in [-0.05, 0) is 6.92 Å². The Morgan fingerprint density at radius 2 is 2.45 bits per heavy atom. The summed E-state index contributed by atoms with van der Waals surface area (Å²) in [5.41, 5.74) is 6.77. The second kappa shape index (κ2) is 3.34. The topological polar surface area (TPSA) is 68.9 Å². The maximum atomic E-state index is 10.1. The SMILES string of the molecule is Cc1nc(N)ncc1SC=O. The van der Waals surface area contributed by atoms with Crippen LogP contribution < -0.4 is 5.73 Å². The van der Waals surface area contributed by atoms with Gasteiger partial charge >= 0.3 is 0 Å². The van der Waals surface area contributed by atoms with Gasteiger partial charge in [0.25, 0.3) is 0 Å². The smallest absolute Gasteiger partial charge is 0.220 e. The number of hydrogen-bond donors (Lipinski definition) is 1. The maximum absolute atomic E-state index is 10.1. The zero-order valence-corrected chi connectivity index (χ0v) is 6.76. The van der Waals surface area contributed by atoms with Crippen LogP contribution >= 0.6 is 11.8 Å². The van der Waals surface area contributed by atoms with Crippen LogP contribution in [0.25, 0.3) is 0 Å². The number of carbonyl (C=O) groups excluding carboxylic acids is 1. The molecule has 1 aromatic rings. The number of aryl methyl sites for hydroxylation is 1. The first kappa shape index (κ1) is 8.00. The highest BCUT2D eigenvalue weighted by Gasteiger charge is 1.99. The van der Waals surface area contributed by atoms with E-state index < -0.39 is 0 Å². The molecule has 0 unspecified atom stereocenters. The van der Waals surface area contributed by atoms with Crippen LogP contribution in [0.2, 0.25) is 0 Å². The lowest BCUT2D eigenvalue weighted by Crippen LogP contribution is -1.96. The lowest BCUT2D eigenvalue weighted by molar-refractivity contribution is 0.570. The summed E-state index contributed by atoms with van der Waals surface area (Å²) >= 11 is 1.05. The Kier molecular flexibility index (Phi) is 2.43. The maximum Gasteiger partial charge on any atom is 0.220 e. The molecule has 11 heavy (non-hydrogen) atoms. The third-order valence-corrected chi connectivity index (χ3v) is 1.88. The summed E-state index contributed by atoms with van der Waals surface area (Å²) in [5, 5.41) is 0. The fourth-order valence-corrected chi connectivity index (χ4v) is 1.07. The summed E-state index contributed by atoms with van der Waals surface area (Å²) in [5.74, 6) is 0.234. The Labute approximate surface area is 68.2 Å². The molecule has 0 bridgehead atoms. The van der Waals surface area contributed by atoms with E-state index in [1.54, 1.807) is 6.92 Å². The number of thioether (sulfide) groups is 1. The van der Waals surface area contributed by atoms with E-state index in [0.717, 1.165) is 28.0 Å². The molecule has 0 amide bonds. The second-order valence-corrected chi connectivity index (χ2v) is 2.76. The molecule has 0 aromatic carbocycles. The Bertz CT molecular complexity index is 277. The van der Waals surface area contributed by atoms with Crippen LogP contribution in [0.3, 0.4) is 0 Å². The minimum absolute atomic E-state index is 0.234. The van der Waals surface area contributed by atoms with Crippen molar-refractivity contribution >= 4 is 23.3 Å². The van der Waals surface area contributed by atoms with Gasteiger partial charge in [-0.3, -0.25) is 4.79 Å². The molecule has 0 aliphatic carbocycles. The quantitative estimate of drug-likeness (QED) is 0.520. The van der Waals surface area contributed by atoms with Gasteiger partial charge in [-0.25, -0.2) is 9.97 Å². The first-order chi connectivity index (χ1) is 5.24. The predicted octanol–water partition coefficient (Wildman–Crippen LogP) is 0.650. The van der Waals surface area contributed by atoms with Gasteiger partial charge in [0.05, 0.1) is 10.6 Å². The Morgan fingerprint density at radius 1 is 1.73 bits per heavy atom. The van der Waals surface area contributed by atoms with E-state index in [1.807, 2.05) is 0 Å². The van der Waals surface area contributed by atoms with Crippen molar-refractivity contribution in [3.05, 3.63) is 11.9 Å². The molecule has 0 radical (unpaired) electrons. The Balaban J connectivity index is 2.98. The third-order valence-electron chi connectivity index (χ3n) is 1.13. The average Bonchev–Trinajstić information content (AvgIpc) is 1.95. The van der Waals surface area contributed by atoms with Crippen molar-refractivity contribution in [1.82, 2.24) is 9.97 Å². The van der Waals surface area contributed by atoms with Crippen molar-refractivity contribution in [2.45, 2.75) is 11.8 Å². The minimum atomic E-state index is 0.234. The van der Waals surface area contributed by atoms with Crippen LogP contribution in [0.15, 0.2) is 11.1 Å². The highest BCUT2D eigenvalue weighted by Crippen LogP contribution is 2.16. The largest absolute Gasteiger partial charge is 0.368 e. The zero-order chi connectivity index (χ0) is 8.27. The molecule has 58 valence electrons. The molecular weight excluding hydrogens is 162 g/mol.